The van der Waals surface area contributed by atoms with Crippen LogP contribution in [0, 0.1) is 5.41 Å². The summed E-state index contributed by atoms with van der Waals surface area (Å²) in [5, 5.41) is 3.93. The molecule has 0 bridgehead atoms. The first-order valence-electron chi connectivity index (χ1n) is 8.20. The highest BCUT2D eigenvalue weighted by Gasteiger charge is 2.39. The topological polar surface area (TPSA) is 115 Å². The Labute approximate surface area is 150 Å². The Morgan fingerprint density at radius 2 is 1.92 bits per heavy atom. The molecule has 134 valence electrons. The summed E-state index contributed by atoms with van der Waals surface area (Å²) in [5.74, 6) is 0.560. The zero-order valence-electron chi connectivity index (χ0n) is 14.2. The van der Waals surface area contributed by atoms with E-state index in [1.807, 2.05) is 13.8 Å². The molecule has 0 radical (unpaired) electrons. The van der Waals surface area contributed by atoms with E-state index in [1.165, 1.54) is 0 Å². The molecule has 2 aliphatic carbocycles. The number of Topliss-reactive ketones (excluding diaryl/α,β-unsaturated/α-hetero) is 1. The van der Waals surface area contributed by atoms with E-state index >= 15 is 0 Å². The molecule has 0 aliphatic heterocycles. The highest BCUT2D eigenvalue weighted by atomic mass is 35.5. The molecule has 25 heavy (non-hydrogen) atoms. The fourth-order valence-electron chi connectivity index (χ4n) is 3.50. The molecule has 0 saturated heterocycles. The fourth-order valence-corrected chi connectivity index (χ4v) is 3.50. The molecule has 2 heterocycles. The van der Waals surface area contributed by atoms with Gasteiger partial charge in [-0.05, 0) is 37.2 Å². The molecular formula is C17H21ClN4O3. The van der Waals surface area contributed by atoms with Crippen LogP contribution in [0.5, 0.6) is 0 Å². The number of H-pyrrole nitrogens is 1. The molecule has 2 aromatic heterocycles. The molecule has 2 aromatic rings. The van der Waals surface area contributed by atoms with E-state index in [1.54, 1.807) is 6.07 Å². The average molecular weight is 365 g/mol. The van der Waals surface area contributed by atoms with E-state index in [2.05, 4.69) is 15.1 Å². The van der Waals surface area contributed by atoms with Crippen LogP contribution in [-0.2, 0) is 12.0 Å². The van der Waals surface area contributed by atoms with Gasteiger partial charge in [0.1, 0.15) is 5.56 Å². The van der Waals surface area contributed by atoms with Gasteiger partial charge in [-0.15, -0.1) is 12.4 Å². The van der Waals surface area contributed by atoms with Crippen LogP contribution >= 0.6 is 12.4 Å². The van der Waals surface area contributed by atoms with Crippen LogP contribution in [0.1, 0.15) is 61.4 Å². The summed E-state index contributed by atoms with van der Waals surface area (Å²) in [7, 11) is 0. The first-order valence-corrected chi connectivity index (χ1v) is 8.20. The largest absolute Gasteiger partial charge is 0.334 e. The fraction of sp³-hybridized carbons (Fsp3) is 0.529. The maximum Gasteiger partial charge on any atom is 0.263 e. The molecular weight excluding hydrogens is 344 g/mol. The number of hydrogen-bond donors (Lipinski definition) is 2. The summed E-state index contributed by atoms with van der Waals surface area (Å²) in [6.45, 7) is 4.04. The summed E-state index contributed by atoms with van der Waals surface area (Å²) in [4.78, 5) is 32.0. The summed E-state index contributed by atoms with van der Waals surface area (Å²) in [6.07, 6.45) is 3.75. The third-order valence-corrected chi connectivity index (χ3v) is 5.07. The number of ketones is 1. The van der Waals surface area contributed by atoms with Gasteiger partial charge < -0.3 is 15.2 Å². The van der Waals surface area contributed by atoms with Gasteiger partial charge in [-0.2, -0.15) is 4.98 Å². The second kappa shape index (κ2) is 5.78. The maximum absolute atomic E-state index is 12.4. The number of fused-ring (bicyclic) bond motifs is 1. The number of aromatic amines is 1. The Hall–Kier alpha value is -1.99. The molecule has 0 atom stereocenters. The molecule has 0 spiro atoms. The van der Waals surface area contributed by atoms with Gasteiger partial charge in [-0.1, -0.05) is 19.0 Å². The SMILES string of the molecule is CC1(C)CC(=O)c2cc(-c3nc(C4(N)CCC4)no3)c(=O)[nH]c2C1.Cl. The highest BCUT2D eigenvalue weighted by molar-refractivity contribution is 5.99. The van der Waals surface area contributed by atoms with Gasteiger partial charge in [0.25, 0.3) is 11.4 Å². The van der Waals surface area contributed by atoms with E-state index in [9.17, 15) is 9.59 Å². The van der Waals surface area contributed by atoms with Crippen LogP contribution in [0.15, 0.2) is 15.4 Å². The lowest BCUT2D eigenvalue weighted by Crippen LogP contribution is -2.44. The molecule has 2 aliphatic rings. The zero-order chi connectivity index (χ0) is 17.1. The third kappa shape index (κ3) is 2.91. The van der Waals surface area contributed by atoms with Crippen LogP contribution in [0.2, 0.25) is 0 Å². The molecule has 0 amide bonds. The first-order chi connectivity index (χ1) is 11.3. The quantitative estimate of drug-likeness (QED) is 0.845. The number of halogens is 1. The number of hydrogen-bond acceptors (Lipinski definition) is 6. The van der Waals surface area contributed by atoms with Crippen molar-refractivity contribution in [3.05, 3.63) is 33.5 Å². The number of rotatable bonds is 2. The van der Waals surface area contributed by atoms with Crippen molar-refractivity contribution in [3.63, 3.8) is 0 Å². The van der Waals surface area contributed by atoms with Gasteiger partial charge in [0.15, 0.2) is 11.6 Å². The minimum Gasteiger partial charge on any atom is -0.334 e. The number of carbonyl (C=O) groups is 1. The Bertz CT molecular complexity index is 896. The number of nitrogens with two attached hydrogens (primary N) is 1. The predicted molar refractivity (Wildman–Crippen MR) is 93.8 cm³/mol. The summed E-state index contributed by atoms with van der Waals surface area (Å²) >= 11 is 0. The van der Waals surface area contributed by atoms with E-state index in [-0.39, 0.29) is 40.6 Å². The van der Waals surface area contributed by atoms with Crippen molar-refractivity contribution in [2.45, 2.75) is 51.5 Å². The number of carbonyl (C=O) groups excluding carboxylic acids is 1. The Kier molecular flexibility index (Phi) is 4.12. The van der Waals surface area contributed by atoms with Gasteiger partial charge in [0, 0.05) is 17.7 Å². The van der Waals surface area contributed by atoms with Crippen LogP contribution in [0.25, 0.3) is 11.5 Å². The lowest BCUT2D eigenvalue weighted by molar-refractivity contribution is 0.0910. The molecule has 1 saturated carbocycles. The van der Waals surface area contributed by atoms with Crippen LogP contribution in [0.3, 0.4) is 0 Å². The van der Waals surface area contributed by atoms with Crippen molar-refractivity contribution in [2.24, 2.45) is 11.1 Å². The summed E-state index contributed by atoms with van der Waals surface area (Å²) < 4.78 is 5.25. The van der Waals surface area contributed by atoms with Crippen molar-refractivity contribution < 1.29 is 9.32 Å². The monoisotopic (exact) mass is 364 g/mol. The minimum atomic E-state index is -0.553. The third-order valence-electron chi connectivity index (χ3n) is 5.07. The lowest BCUT2D eigenvalue weighted by Gasteiger charge is -2.34. The minimum absolute atomic E-state index is 0. The Morgan fingerprint density at radius 3 is 2.56 bits per heavy atom. The van der Waals surface area contributed by atoms with Crippen molar-refractivity contribution in [1.82, 2.24) is 15.1 Å². The van der Waals surface area contributed by atoms with E-state index in [4.69, 9.17) is 10.3 Å². The average Bonchev–Trinajstić information content (AvgIpc) is 2.92. The summed E-state index contributed by atoms with van der Waals surface area (Å²) in [5.41, 5.74) is 6.60. The highest BCUT2D eigenvalue weighted by Crippen LogP contribution is 2.38. The molecule has 0 unspecified atom stereocenters. The van der Waals surface area contributed by atoms with Crippen molar-refractivity contribution in [2.75, 3.05) is 0 Å². The normalized spacial score (nSPS) is 20.4. The van der Waals surface area contributed by atoms with Gasteiger partial charge in [0.05, 0.1) is 5.54 Å². The smallest absolute Gasteiger partial charge is 0.263 e. The van der Waals surface area contributed by atoms with E-state index < -0.39 is 5.54 Å². The molecule has 3 N–H and O–H groups in total. The summed E-state index contributed by atoms with van der Waals surface area (Å²) in [6, 6.07) is 1.58. The van der Waals surface area contributed by atoms with Crippen molar-refractivity contribution >= 4 is 18.2 Å². The van der Waals surface area contributed by atoms with Crippen molar-refractivity contribution in [1.29, 1.82) is 0 Å². The second-order valence-electron chi connectivity index (χ2n) is 7.78. The maximum atomic E-state index is 12.4. The molecule has 7 nitrogen and oxygen atoms in total. The molecule has 0 aromatic carbocycles. The number of nitrogens with zero attached hydrogens (tertiary/aromatic N) is 2. The molecule has 8 heteroatoms. The number of nitrogens with one attached hydrogen (secondary N) is 1. The first kappa shape index (κ1) is 17.8. The number of aromatic nitrogens is 3. The van der Waals surface area contributed by atoms with Gasteiger partial charge in [-0.25, -0.2) is 0 Å². The molecule has 1 fully saturated rings. The van der Waals surface area contributed by atoms with Crippen LogP contribution < -0.4 is 11.3 Å². The molecule has 4 rings (SSSR count). The van der Waals surface area contributed by atoms with Crippen LogP contribution in [-0.4, -0.2) is 20.9 Å². The Morgan fingerprint density at radius 1 is 1.20 bits per heavy atom. The van der Waals surface area contributed by atoms with Gasteiger partial charge in [0.2, 0.25) is 0 Å². The predicted octanol–water partition coefficient (Wildman–Crippen LogP) is 2.34. The standard InChI is InChI=1S/C17H20N4O3.ClH/c1-16(2)7-11-9(12(22)8-16)6-10(13(23)19-11)14-20-15(21-24-14)17(18)4-3-5-17;/h6H,3-5,7-8,18H2,1-2H3,(H,19,23);1H. The van der Waals surface area contributed by atoms with Gasteiger partial charge in [-0.3, -0.25) is 9.59 Å². The lowest BCUT2D eigenvalue weighted by atomic mass is 9.75. The van der Waals surface area contributed by atoms with E-state index in [0.717, 1.165) is 19.3 Å². The van der Waals surface area contributed by atoms with Crippen molar-refractivity contribution in [3.8, 4) is 11.5 Å². The van der Waals surface area contributed by atoms with E-state index in [0.29, 0.717) is 29.9 Å². The number of pyridine rings is 1. The van der Waals surface area contributed by atoms with Crippen LogP contribution in [0.4, 0.5) is 0 Å². The van der Waals surface area contributed by atoms with Gasteiger partial charge >= 0.3 is 0 Å². The second-order valence-corrected chi connectivity index (χ2v) is 7.78. The Balaban J connectivity index is 0.00000182. The zero-order valence-corrected chi connectivity index (χ0v) is 15.0.